The monoisotopic (exact) mass is 243 g/mol. The molecule has 0 radical (unpaired) electrons. The predicted molar refractivity (Wildman–Crippen MR) is 55.5 cm³/mol. The van der Waals surface area contributed by atoms with Crippen molar-refractivity contribution in [3.8, 4) is 0 Å². The van der Waals surface area contributed by atoms with Gasteiger partial charge in [-0.05, 0) is 5.56 Å². The highest BCUT2D eigenvalue weighted by molar-refractivity contribution is 5.87. The first-order valence-corrected chi connectivity index (χ1v) is 4.83. The van der Waals surface area contributed by atoms with Gasteiger partial charge < -0.3 is 10.4 Å². The van der Waals surface area contributed by atoms with Crippen molar-refractivity contribution in [3.05, 3.63) is 35.9 Å². The smallest absolute Gasteiger partial charge is 0.334 e. The summed E-state index contributed by atoms with van der Waals surface area (Å²) in [6, 6.07) is 8.49. The van der Waals surface area contributed by atoms with E-state index in [1.807, 2.05) is 5.32 Å². The van der Waals surface area contributed by atoms with Gasteiger partial charge in [0, 0.05) is 6.54 Å². The molecule has 0 fully saturated rings. The molecule has 0 bridgehead atoms. The van der Waals surface area contributed by atoms with Gasteiger partial charge in [0.15, 0.2) is 0 Å². The lowest BCUT2D eigenvalue weighted by Crippen LogP contribution is -2.41. The normalized spacial score (nSPS) is 10.9. The quantitative estimate of drug-likeness (QED) is 0.821. The van der Waals surface area contributed by atoms with Crippen LogP contribution in [0.5, 0.6) is 0 Å². The molecule has 92 valence electrons. The number of hydrogen-bond donors (Lipinski definition) is 2. The maximum atomic E-state index is 13.0. The Morgan fingerprint density at radius 2 is 1.82 bits per heavy atom. The van der Waals surface area contributed by atoms with E-state index in [2.05, 4.69) is 0 Å². The van der Waals surface area contributed by atoms with E-state index in [0.717, 1.165) is 0 Å². The minimum absolute atomic E-state index is 0.0606. The van der Waals surface area contributed by atoms with Gasteiger partial charge in [-0.15, -0.1) is 0 Å². The Morgan fingerprint density at radius 3 is 2.35 bits per heavy atom. The standard InChI is InChI=1S/C11H11F2NO3/c12-11(13,6-9(15)16)10(17)14-7-8-4-2-1-3-5-8/h1-5H,6-7H2,(H,14,17)(H,15,16). The van der Waals surface area contributed by atoms with Crippen LogP contribution < -0.4 is 5.32 Å². The van der Waals surface area contributed by atoms with E-state index in [0.29, 0.717) is 5.56 Å². The molecule has 6 heteroatoms. The van der Waals surface area contributed by atoms with Gasteiger partial charge in [-0.2, -0.15) is 8.78 Å². The van der Waals surface area contributed by atoms with Crippen molar-refractivity contribution >= 4 is 11.9 Å². The summed E-state index contributed by atoms with van der Waals surface area (Å²) < 4.78 is 26.0. The molecule has 0 aliphatic carbocycles. The van der Waals surface area contributed by atoms with E-state index in [9.17, 15) is 18.4 Å². The number of rotatable bonds is 5. The highest BCUT2D eigenvalue weighted by Gasteiger charge is 2.40. The summed E-state index contributed by atoms with van der Waals surface area (Å²) in [4.78, 5) is 21.2. The molecule has 17 heavy (non-hydrogen) atoms. The number of halogens is 2. The van der Waals surface area contributed by atoms with Crippen LogP contribution in [0.1, 0.15) is 12.0 Å². The van der Waals surface area contributed by atoms with Crippen molar-refractivity contribution in [3.63, 3.8) is 0 Å². The minimum Gasteiger partial charge on any atom is -0.481 e. The summed E-state index contributed by atoms with van der Waals surface area (Å²) in [5, 5.41) is 10.2. The van der Waals surface area contributed by atoms with Gasteiger partial charge in [-0.25, -0.2) is 0 Å². The third-order valence-corrected chi connectivity index (χ3v) is 2.00. The molecule has 0 spiro atoms. The average molecular weight is 243 g/mol. The summed E-state index contributed by atoms with van der Waals surface area (Å²) in [6.45, 7) is -0.0606. The first-order valence-electron chi connectivity index (χ1n) is 4.83. The van der Waals surface area contributed by atoms with Crippen molar-refractivity contribution in [2.24, 2.45) is 0 Å². The Morgan fingerprint density at radius 1 is 1.24 bits per heavy atom. The van der Waals surface area contributed by atoms with E-state index >= 15 is 0 Å². The predicted octanol–water partition coefficient (Wildman–Crippen LogP) is 1.41. The SMILES string of the molecule is O=C(O)CC(F)(F)C(=O)NCc1ccccc1. The van der Waals surface area contributed by atoms with Crippen molar-refractivity contribution in [1.29, 1.82) is 0 Å². The largest absolute Gasteiger partial charge is 0.481 e. The second-order valence-electron chi connectivity index (χ2n) is 3.44. The second kappa shape index (κ2) is 5.38. The Kier molecular flexibility index (Phi) is 4.14. The van der Waals surface area contributed by atoms with Gasteiger partial charge in [0.05, 0.1) is 0 Å². The number of benzene rings is 1. The van der Waals surface area contributed by atoms with E-state index in [1.54, 1.807) is 30.3 Å². The second-order valence-corrected chi connectivity index (χ2v) is 3.44. The van der Waals surface area contributed by atoms with Crippen LogP contribution in [0.3, 0.4) is 0 Å². The third-order valence-electron chi connectivity index (χ3n) is 2.00. The lowest BCUT2D eigenvalue weighted by atomic mass is 10.2. The molecule has 4 nitrogen and oxygen atoms in total. The van der Waals surface area contributed by atoms with Gasteiger partial charge in [-0.1, -0.05) is 30.3 Å². The van der Waals surface area contributed by atoms with Crippen LogP contribution in [0.25, 0.3) is 0 Å². The van der Waals surface area contributed by atoms with Crippen molar-refractivity contribution < 1.29 is 23.5 Å². The molecule has 1 aromatic carbocycles. The molecule has 1 amide bonds. The topological polar surface area (TPSA) is 66.4 Å². The zero-order valence-corrected chi connectivity index (χ0v) is 8.82. The van der Waals surface area contributed by atoms with Gasteiger partial charge in [0.25, 0.3) is 5.91 Å². The van der Waals surface area contributed by atoms with E-state index in [4.69, 9.17) is 5.11 Å². The highest BCUT2D eigenvalue weighted by Crippen LogP contribution is 2.18. The Hall–Kier alpha value is -1.98. The number of nitrogens with one attached hydrogen (secondary N) is 1. The summed E-state index contributed by atoms with van der Waals surface area (Å²) in [5.74, 6) is -7.19. The Balaban J connectivity index is 2.52. The number of aliphatic carboxylic acids is 1. The maximum Gasteiger partial charge on any atom is 0.334 e. The molecular weight excluding hydrogens is 232 g/mol. The molecule has 0 saturated carbocycles. The molecule has 2 N–H and O–H groups in total. The van der Waals surface area contributed by atoms with Gasteiger partial charge in [0.2, 0.25) is 0 Å². The fraction of sp³-hybridized carbons (Fsp3) is 0.273. The molecular formula is C11H11F2NO3. The summed E-state index contributed by atoms with van der Waals surface area (Å²) >= 11 is 0. The summed E-state index contributed by atoms with van der Waals surface area (Å²) in [7, 11) is 0. The minimum atomic E-state index is -3.89. The van der Waals surface area contributed by atoms with Crippen LogP contribution >= 0.6 is 0 Å². The van der Waals surface area contributed by atoms with Crippen LogP contribution in [-0.2, 0) is 16.1 Å². The lowest BCUT2D eigenvalue weighted by molar-refractivity contribution is -0.157. The third kappa shape index (κ3) is 4.18. The molecule has 0 aliphatic heterocycles. The van der Waals surface area contributed by atoms with Crippen molar-refractivity contribution in [2.45, 2.75) is 18.9 Å². The highest BCUT2D eigenvalue weighted by atomic mass is 19.3. The van der Waals surface area contributed by atoms with Gasteiger partial charge >= 0.3 is 11.9 Å². The summed E-state index contributed by atoms with van der Waals surface area (Å²) in [6.07, 6.45) is -1.51. The lowest BCUT2D eigenvalue weighted by Gasteiger charge is -2.13. The van der Waals surface area contributed by atoms with Gasteiger partial charge in [-0.3, -0.25) is 9.59 Å². The van der Waals surface area contributed by atoms with Crippen LogP contribution in [0.4, 0.5) is 8.78 Å². The number of alkyl halides is 2. The average Bonchev–Trinajstić information content (AvgIpc) is 2.25. The first kappa shape index (κ1) is 13.1. The zero-order valence-electron chi connectivity index (χ0n) is 8.82. The Bertz CT molecular complexity index is 406. The molecule has 0 aliphatic rings. The Labute approximate surface area is 96.3 Å². The number of hydrogen-bond acceptors (Lipinski definition) is 2. The number of carboxylic acid groups (broad SMARTS) is 1. The molecule has 0 unspecified atom stereocenters. The van der Waals surface area contributed by atoms with E-state index in [1.165, 1.54) is 0 Å². The number of carbonyl (C=O) groups is 2. The fourth-order valence-corrected chi connectivity index (χ4v) is 1.18. The molecule has 1 rings (SSSR count). The van der Waals surface area contributed by atoms with E-state index < -0.39 is 24.2 Å². The maximum absolute atomic E-state index is 13.0. The van der Waals surface area contributed by atoms with E-state index in [-0.39, 0.29) is 6.54 Å². The molecule has 0 saturated heterocycles. The van der Waals surface area contributed by atoms with Crippen LogP contribution in [-0.4, -0.2) is 22.9 Å². The van der Waals surface area contributed by atoms with Crippen molar-refractivity contribution in [2.75, 3.05) is 0 Å². The summed E-state index contributed by atoms with van der Waals surface area (Å²) in [5.41, 5.74) is 0.659. The molecule has 1 aromatic rings. The first-order chi connectivity index (χ1) is 7.92. The fourth-order valence-electron chi connectivity index (χ4n) is 1.18. The van der Waals surface area contributed by atoms with Gasteiger partial charge in [0.1, 0.15) is 6.42 Å². The number of amides is 1. The molecule has 0 heterocycles. The van der Waals surface area contributed by atoms with Crippen LogP contribution in [0.15, 0.2) is 30.3 Å². The number of carboxylic acids is 1. The van der Waals surface area contributed by atoms with Crippen LogP contribution in [0.2, 0.25) is 0 Å². The molecule has 0 aromatic heterocycles. The zero-order chi connectivity index (χ0) is 12.9. The molecule has 0 atom stereocenters. The number of carbonyl (C=O) groups excluding carboxylic acids is 1. The van der Waals surface area contributed by atoms with Crippen LogP contribution in [0, 0.1) is 0 Å². The van der Waals surface area contributed by atoms with Crippen molar-refractivity contribution in [1.82, 2.24) is 5.32 Å².